The lowest BCUT2D eigenvalue weighted by Gasteiger charge is -2.29. The molecule has 1 aromatic heterocycles. The van der Waals surface area contributed by atoms with Crippen molar-refractivity contribution in [1.29, 1.82) is 0 Å². The summed E-state index contributed by atoms with van der Waals surface area (Å²) in [7, 11) is 0. The summed E-state index contributed by atoms with van der Waals surface area (Å²) < 4.78 is 27.6. The number of pyridine rings is 1. The van der Waals surface area contributed by atoms with Gasteiger partial charge < -0.3 is 16.4 Å². The molecule has 1 aliphatic carbocycles. The van der Waals surface area contributed by atoms with Crippen LogP contribution in [0.2, 0.25) is 0 Å². The van der Waals surface area contributed by atoms with Crippen LogP contribution in [0.4, 0.5) is 14.6 Å². The first-order chi connectivity index (χ1) is 15.3. The minimum absolute atomic E-state index is 0.00520. The second-order valence-corrected chi connectivity index (χ2v) is 7.50. The summed E-state index contributed by atoms with van der Waals surface area (Å²) in [5.74, 6) is -2.70. The number of aromatic nitrogens is 1. The highest BCUT2D eigenvalue weighted by Gasteiger charge is 2.35. The number of carbonyl (C=O) groups is 2. The maximum atomic E-state index is 14.0. The molecule has 2 amide bonds. The molecule has 1 unspecified atom stereocenters. The fourth-order valence-corrected chi connectivity index (χ4v) is 3.72. The van der Waals surface area contributed by atoms with Gasteiger partial charge in [-0.1, -0.05) is 35.9 Å². The molecule has 0 fully saturated rings. The Balaban J connectivity index is 0.000000352. The SMILES string of the molecule is Cc1ccccc1.NC(=O)CN(C(=O)c1cccnc1N)C1CCc2c(F)cc(F)cc21. The number of aryl methyl sites for hydroxylation is 1. The largest absolute Gasteiger partial charge is 0.383 e. The Morgan fingerprint density at radius 2 is 1.84 bits per heavy atom. The average molecular weight is 438 g/mol. The predicted octanol–water partition coefficient (Wildman–Crippen LogP) is 3.55. The number of amides is 2. The predicted molar refractivity (Wildman–Crippen MR) is 117 cm³/mol. The summed E-state index contributed by atoms with van der Waals surface area (Å²) in [5.41, 5.74) is 13.1. The maximum Gasteiger partial charge on any atom is 0.258 e. The van der Waals surface area contributed by atoms with Crippen LogP contribution >= 0.6 is 0 Å². The molecule has 3 aromatic rings. The van der Waals surface area contributed by atoms with Crippen LogP contribution in [-0.2, 0) is 11.2 Å². The molecule has 4 N–H and O–H groups in total. The molecule has 0 spiro atoms. The number of primary amides is 1. The van der Waals surface area contributed by atoms with Gasteiger partial charge in [0, 0.05) is 12.3 Å². The van der Waals surface area contributed by atoms with Crippen LogP contribution in [0, 0.1) is 18.6 Å². The summed E-state index contributed by atoms with van der Waals surface area (Å²) in [6.45, 7) is 1.69. The molecule has 8 heteroatoms. The minimum Gasteiger partial charge on any atom is -0.383 e. The number of nitrogen functional groups attached to an aromatic ring is 1. The molecule has 0 aliphatic heterocycles. The van der Waals surface area contributed by atoms with Crippen molar-refractivity contribution in [3.63, 3.8) is 0 Å². The number of nitrogens with two attached hydrogens (primary N) is 2. The highest BCUT2D eigenvalue weighted by molar-refractivity contribution is 6.00. The molecule has 1 heterocycles. The Morgan fingerprint density at radius 1 is 1.12 bits per heavy atom. The van der Waals surface area contributed by atoms with E-state index in [1.54, 1.807) is 0 Å². The van der Waals surface area contributed by atoms with E-state index in [1.165, 1.54) is 34.9 Å². The lowest BCUT2D eigenvalue weighted by molar-refractivity contribution is -0.119. The lowest BCUT2D eigenvalue weighted by atomic mass is 10.0. The number of nitrogens with zero attached hydrogens (tertiary/aromatic N) is 2. The zero-order chi connectivity index (χ0) is 23.3. The molecule has 4 rings (SSSR count). The Kier molecular flexibility index (Phi) is 7.14. The van der Waals surface area contributed by atoms with Crippen LogP contribution in [0.1, 0.15) is 39.5 Å². The van der Waals surface area contributed by atoms with E-state index in [0.717, 1.165) is 6.07 Å². The number of benzene rings is 2. The number of hydrogen-bond acceptors (Lipinski definition) is 4. The van der Waals surface area contributed by atoms with E-state index in [1.807, 2.05) is 18.2 Å². The summed E-state index contributed by atoms with van der Waals surface area (Å²) in [4.78, 5) is 29.4. The Hall–Kier alpha value is -3.81. The summed E-state index contributed by atoms with van der Waals surface area (Å²) in [6, 6.07) is 14.6. The summed E-state index contributed by atoms with van der Waals surface area (Å²) >= 11 is 0. The van der Waals surface area contributed by atoms with Gasteiger partial charge in [-0.05, 0) is 49.1 Å². The summed E-state index contributed by atoms with van der Waals surface area (Å²) in [6.07, 6.45) is 2.12. The molecule has 0 bridgehead atoms. The highest BCUT2D eigenvalue weighted by atomic mass is 19.1. The van der Waals surface area contributed by atoms with Crippen molar-refractivity contribution < 1.29 is 18.4 Å². The third-order valence-corrected chi connectivity index (χ3v) is 5.19. The summed E-state index contributed by atoms with van der Waals surface area (Å²) in [5, 5.41) is 0. The monoisotopic (exact) mass is 438 g/mol. The van der Waals surface area contributed by atoms with Gasteiger partial charge in [0.25, 0.3) is 5.91 Å². The number of fused-ring (bicyclic) bond motifs is 1. The lowest BCUT2D eigenvalue weighted by Crippen LogP contribution is -2.40. The van der Waals surface area contributed by atoms with Gasteiger partial charge in [-0.3, -0.25) is 9.59 Å². The van der Waals surface area contributed by atoms with Crippen molar-refractivity contribution in [2.45, 2.75) is 25.8 Å². The van der Waals surface area contributed by atoms with Crippen molar-refractivity contribution in [2.75, 3.05) is 12.3 Å². The van der Waals surface area contributed by atoms with Gasteiger partial charge in [-0.25, -0.2) is 13.8 Å². The first-order valence-corrected chi connectivity index (χ1v) is 10.1. The van der Waals surface area contributed by atoms with Crippen LogP contribution in [0.3, 0.4) is 0 Å². The fraction of sp³-hybridized carbons (Fsp3) is 0.208. The van der Waals surface area contributed by atoms with Crippen LogP contribution in [0.25, 0.3) is 0 Å². The molecular weight excluding hydrogens is 414 g/mol. The van der Waals surface area contributed by atoms with Gasteiger partial charge >= 0.3 is 0 Å². The van der Waals surface area contributed by atoms with Gasteiger partial charge in [-0.2, -0.15) is 0 Å². The average Bonchev–Trinajstić information content (AvgIpc) is 3.17. The zero-order valence-corrected chi connectivity index (χ0v) is 17.6. The smallest absolute Gasteiger partial charge is 0.258 e. The third kappa shape index (κ3) is 5.26. The molecule has 0 radical (unpaired) electrons. The van der Waals surface area contributed by atoms with Gasteiger partial charge in [0.2, 0.25) is 5.91 Å². The molecule has 166 valence electrons. The van der Waals surface area contributed by atoms with Crippen molar-refractivity contribution >= 4 is 17.6 Å². The van der Waals surface area contributed by atoms with Crippen molar-refractivity contribution in [3.8, 4) is 0 Å². The van der Waals surface area contributed by atoms with Crippen LogP contribution in [0.5, 0.6) is 0 Å². The number of carbonyl (C=O) groups excluding carboxylic acids is 2. The van der Waals surface area contributed by atoms with Gasteiger partial charge in [0.05, 0.1) is 11.6 Å². The molecule has 1 aliphatic rings. The fourth-order valence-electron chi connectivity index (χ4n) is 3.72. The van der Waals surface area contributed by atoms with Gasteiger partial charge in [0.15, 0.2) is 0 Å². The quantitative estimate of drug-likeness (QED) is 0.650. The molecule has 0 saturated carbocycles. The van der Waals surface area contributed by atoms with E-state index in [2.05, 4.69) is 24.0 Å². The van der Waals surface area contributed by atoms with Crippen LogP contribution < -0.4 is 11.5 Å². The maximum absolute atomic E-state index is 14.0. The van der Waals surface area contributed by atoms with E-state index < -0.39 is 36.0 Å². The number of anilines is 1. The first-order valence-electron chi connectivity index (χ1n) is 10.1. The second kappa shape index (κ2) is 10.00. The highest BCUT2D eigenvalue weighted by Crippen LogP contribution is 2.38. The number of hydrogen-bond donors (Lipinski definition) is 2. The Labute approximate surface area is 184 Å². The molecule has 0 saturated heterocycles. The minimum atomic E-state index is -0.740. The number of rotatable bonds is 4. The normalized spacial score (nSPS) is 14.2. The van der Waals surface area contributed by atoms with E-state index in [-0.39, 0.29) is 11.4 Å². The van der Waals surface area contributed by atoms with E-state index >= 15 is 0 Å². The van der Waals surface area contributed by atoms with Gasteiger partial charge in [0.1, 0.15) is 24.0 Å². The third-order valence-electron chi connectivity index (χ3n) is 5.19. The Morgan fingerprint density at radius 3 is 2.44 bits per heavy atom. The molecule has 32 heavy (non-hydrogen) atoms. The Bertz CT molecular complexity index is 1120. The van der Waals surface area contributed by atoms with Crippen LogP contribution in [-0.4, -0.2) is 28.2 Å². The van der Waals surface area contributed by atoms with Crippen LogP contribution in [0.15, 0.2) is 60.8 Å². The molecular formula is C24H24F2N4O2. The van der Waals surface area contributed by atoms with E-state index in [9.17, 15) is 18.4 Å². The van der Waals surface area contributed by atoms with E-state index in [4.69, 9.17) is 11.5 Å². The number of halogens is 2. The second-order valence-electron chi connectivity index (χ2n) is 7.50. The van der Waals surface area contributed by atoms with Crippen molar-refractivity contribution in [1.82, 2.24) is 9.88 Å². The van der Waals surface area contributed by atoms with Gasteiger partial charge in [-0.15, -0.1) is 0 Å². The van der Waals surface area contributed by atoms with E-state index in [0.29, 0.717) is 24.0 Å². The standard InChI is InChI=1S/C17H16F2N4O2.C7H8/c18-9-6-12-10(13(19)7-9)3-4-14(12)23(8-15(20)24)17(25)11-2-1-5-22-16(11)21;1-7-5-3-2-4-6-7/h1-2,5-7,14H,3-4,8H2,(H2,20,24)(H2,21,22);2-6H,1H3. The molecule has 6 nitrogen and oxygen atoms in total. The molecule has 2 aromatic carbocycles. The zero-order valence-electron chi connectivity index (χ0n) is 17.6. The molecule has 1 atom stereocenters. The van der Waals surface area contributed by atoms with Crippen molar-refractivity contribution in [2.24, 2.45) is 5.73 Å². The van der Waals surface area contributed by atoms with Crippen molar-refractivity contribution in [3.05, 3.63) is 94.7 Å². The first kappa shape index (κ1) is 22.9. The topological polar surface area (TPSA) is 102 Å².